The zero-order chi connectivity index (χ0) is 43.9. The highest BCUT2D eigenvalue weighted by Crippen LogP contribution is 2.43. The van der Waals surface area contributed by atoms with Gasteiger partial charge < -0.3 is 21.1 Å². The molecule has 0 fully saturated rings. The maximum Gasteiger partial charge on any atom is 0.472 e. The molecule has 0 aliphatic carbocycles. The number of amides is 1. The number of aliphatic hydroxyl groups is 1. The van der Waals surface area contributed by atoms with E-state index in [-0.39, 0.29) is 25.7 Å². The molecule has 0 saturated carbocycles. The van der Waals surface area contributed by atoms with E-state index in [0.29, 0.717) is 12.8 Å². The number of carbonyl (C=O) groups excluding carboxylic acids is 1. The van der Waals surface area contributed by atoms with Gasteiger partial charge in [-0.25, -0.2) is 4.57 Å². The Balaban J connectivity index is 3.82. The van der Waals surface area contributed by atoms with Crippen LogP contribution in [-0.2, 0) is 18.4 Å². The Morgan fingerprint density at radius 2 is 0.767 bits per heavy atom. The Kier molecular flexibility index (Phi) is 47.6. The van der Waals surface area contributed by atoms with Gasteiger partial charge in [0.1, 0.15) is 0 Å². The minimum absolute atomic E-state index is 0.0926. The lowest BCUT2D eigenvalue weighted by atomic mass is 10.0. The van der Waals surface area contributed by atoms with Crippen molar-refractivity contribution in [3.63, 3.8) is 0 Å². The van der Waals surface area contributed by atoms with Gasteiger partial charge in [-0.3, -0.25) is 13.8 Å². The predicted molar refractivity (Wildman–Crippen MR) is 259 cm³/mol. The first-order chi connectivity index (χ1) is 29.4. The van der Waals surface area contributed by atoms with Crippen molar-refractivity contribution in [3.8, 4) is 0 Å². The van der Waals surface area contributed by atoms with Crippen LogP contribution in [0.2, 0.25) is 0 Å². The topological polar surface area (TPSA) is 131 Å². The molecule has 0 aliphatic rings. The van der Waals surface area contributed by atoms with Gasteiger partial charge in [0.2, 0.25) is 5.91 Å². The normalized spacial score (nSPS) is 13.8. The van der Waals surface area contributed by atoms with Crippen molar-refractivity contribution in [2.24, 2.45) is 5.73 Å². The van der Waals surface area contributed by atoms with E-state index >= 15 is 0 Å². The molecule has 8 nitrogen and oxygen atoms in total. The standard InChI is InChI=1S/C51H105N2O6P/c1-3-5-7-9-11-13-15-17-18-19-20-21-22-23-24-25-26-27-28-29-30-31-32-33-35-37-39-41-43-45-51(55)53-49(48-59-60(56,57)58-47-46-52)50(54)44-42-40-38-36-34-16-14-12-10-8-6-4-2/h49-50,54H,3-48,52H2,1-2H3,(H,53,55)(H,56,57)/t49-,50+/m0/s1. The van der Waals surface area contributed by atoms with Gasteiger partial charge in [0.05, 0.1) is 25.4 Å². The summed E-state index contributed by atoms with van der Waals surface area (Å²) in [6.45, 7) is 4.25. The largest absolute Gasteiger partial charge is 0.472 e. The number of nitrogens with one attached hydrogen (secondary N) is 1. The van der Waals surface area contributed by atoms with Crippen molar-refractivity contribution < 1.29 is 28.4 Å². The molecule has 0 radical (unpaired) electrons. The fourth-order valence-corrected chi connectivity index (χ4v) is 9.19. The number of phosphoric ester groups is 1. The molecule has 0 aromatic carbocycles. The summed E-state index contributed by atoms with van der Waals surface area (Å²) >= 11 is 0. The molecule has 0 aromatic rings. The third kappa shape index (κ3) is 45.5. The molecule has 60 heavy (non-hydrogen) atoms. The average molecular weight is 873 g/mol. The third-order valence-corrected chi connectivity index (χ3v) is 13.4. The number of hydrogen-bond acceptors (Lipinski definition) is 6. The molecular weight excluding hydrogens is 768 g/mol. The van der Waals surface area contributed by atoms with E-state index < -0.39 is 20.0 Å². The van der Waals surface area contributed by atoms with Crippen molar-refractivity contribution in [2.45, 2.75) is 302 Å². The summed E-state index contributed by atoms with van der Waals surface area (Å²) in [6.07, 6.45) is 54.4. The first-order valence-electron chi connectivity index (χ1n) is 26.7. The molecule has 5 N–H and O–H groups in total. The van der Waals surface area contributed by atoms with Gasteiger partial charge in [-0.2, -0.15) is 0 Å². The summed E-state index contributed by atoms with van der Waals surface area (Å²) in [7, 11) is -4.31. The number of phosphoric acid groups is 1. The van der Waals surface area contributed by atoms with E-state index in [1.807, 2.05) is 0 Å². The van der Waals surface area contributed by atoms with E-state index in [2.05, 4.69) is 19.2 Å². The highest BCUT2D eigenvalue weighted by molar-refractivity contribution is 7.47. The van der Waals surface area contributed by atoms with Crippen LogP contribution in [0.25, 0.3) is 0 Å². The van der Waals surface area contributed by atoms with Crippen LogP contribution < -0.4 is 11.1 Å². The zero-order valence-corrected chi connectivity index (χ0v) is 41.1. The average Bonchev–Trinajstić information content (AvgIpc) is 3.24. The lowest BCUT2D eigenvalue weighted by molar-refractivity contribution is -0.123. The van der Waals surface area contributed by atoms with E-state index in [0.717, 1.165) is 38.5 Å². The van der Waals surface area contributed by atoms with Gasteiger partial charge in [0.15, 0.2) is 0 Å². The second kappa shape index (κ2) is 48.0. The van der Waals surface area contributed by atoms with Crippen LogP contribution in [-0.4, -0.2) is 47.8 Å². The molecule has 0 aromatic heterocycles. The summed E-state index contributed by atoms with van der Waals surface area (Å²) < 4.78 is 22.2. The highest BCUT2D eigenvalue weighted by Gasteiger charge is 2.27. The predicted octanol–water partition coefficient (Wildman–Crippen LogP) is 15.7. The lowest BCUT2D eigenvalue weighted by Crippen LogP contribution is -2.46. The van der Waals surface area contributed by atoms with Crippen LogP contribution in [0.4, 0.5) is 0 Å². The number of hydrogen-bond donors (Lipinski definition) is 4. The minimum atomic E-state index is -4.31. The number of nitrogens with two attached hydrogens (primary N) is 1. The molecule has 0 spiro atoms. The Labute approximate surface area is 373 Å². The van der Waals surface area contributed by atoms with Crippen LogP contribution in [0.15, 0.2) is 0 Å². The van der Waals surface area contributed by atoms with E-state index in [4.69, 9.17) is 14.8 Å². The summed E-state index contributed by atoms with van der Waals surface area (Å²) in [6, 6.07) is -0.768. The highest BCUT2D eigenvalue weighted by atomic mass is 31.2. The van der Waals surface area contributed by atoms with Gasteiger partial charge >= 0.3 is 7.82 Å². The molecule has 0 rings (SSSR count). The van der Waals surface area contributed by atoms with Crippen molar-refractivity contribution in [1.29, 1.82) is 0 Å². The van der Waals surface area contributed by atoms with E-state index in [9.17, 15) is 19.4 Å². The summed E-state index contributed by atoms with van der Waals surface area (Å²) in [5.74, 6) is -0.155. The van der Waals surface area contributed by atoms with Gasteiger partial charge in [-0.1, -0.05) is 271 Å². The minimum Gasteiger partial charge on any atom is -0.391 e. The van der Waals surface area contributed by atoms with Crippen molar-refractivity contribution in [3.05, 3.63) is 0 Å². The molecular formula is C51H105N2O6P. The lowest BCUT2D eigenvalue weighted by Gasteiger charge is -2.25. The molecule has 3 atom stereocenters. The first-order valence-corrected chi connectivity index (χ1v) is 28.1. The van der Waals surface area contributed by atoms with E-state index in [1.54, 1.807) is 0 Å². The number of rotatable bonds is 51. The molecule has 1 unspecified atom stereocenters. The van der Waals surface area contributed by atoms with Crippen LogP contribution >= 0.6 is 7.82 Å². The Bertz CT molecular complexity index is 911. The number of unbranched alkanes of at least 4 members (excludes halogenated alkanes) is 39. The molecule has 0 saturated heterocycles. The van der Waals surface area contributed by atoms with Crippen molar-refractivity contribution in [1.82, 2.24) is 5.32 Å². The zero-order valence-electron chi connectivity index (χ0n) is 40.2. The summed E-state index contributed by atoms with van der Waals surface area (Å²) in [5, 5.41) is 13.8. The van der Waals surface area contributed by atoms with Crippen LogP contribution in [0.1, 0.15) is 290 Å². The smallest absolute Gasteiger partial charge is 0.391 e. The van der Waals surface area contributed by atoms with Gasteiger partial charge in [-0.15, -0.1) is 0 Å². The van der Waals surface area contributed by atoms with Gasteiger partial charge in [-0.05, 0) is 12.8 Å². The van der Waals surface area contributed by atoms with Gasteiger partial charge in [0, 0.05) is 13.0 Å². The summed E-state index contributed by atoms with van der Waals surface area (Å²) in [5.41, 5.74) is 5.39. The third-order valence-electron chi connectivity index (χ3n) is 12.5. The second-order valence-electron chi connectivity index (χ2n) is 18.5. The molecule has 0 heterocycles. The Morgan fingerprint density at radius 1 is 0.483 bits per heavy atom. The van der Waals surface area contributed by atoms with Crippen LogP contribution in [0, 0.1) is 0 Å². The first kappa shape index (κ1) is 59.5. The second-order valence-corrected chi connectivity index (χ2v) is 19.9. The van der Waals surface area contributed by atoms with Crippen molar-refractivity contribution in [2.75, 3.05) is 19.8 Å². The van der Waals surface area contributed by atoms with Crippen LogP contribution in [0.5, 0.6) is 0 Å². The molecule has 1 amide bonds. The maximum atomic E-state index is 12.8. The molecule has 0 bridgehead atoms. The Hall–Kier alpha value is -0.500. The SMILES string of the molecule is CCCCCCCCCCCCCCCCCCCCCCCCCCCCCCCC(=O)N[C@@H](COP(=O)(O)OCCN)[C@H](O)CCCCCCCCCCCCCC. The number of aliphatic hydroxyl groups excluding tert-OH is 1. The Morgan fingerprint density at radius 3 is 1.07 bits per heavy atom. The fraction of sp³-hybridized carbons (Fsp3) is 0.980. The molecule has 9 heteroatoms. The monoisotopic (exact) mass is 873 g/mol. The summed E-state index contributed by atoms with van der Waals surface area (Å²) in [4.78, 5) is 22.8. The van der Waals surface area contributed by atoms with E-state index in [1.165, 1.54) is 225 Å². The maximum absolute atomic E-state index is 12.8. The number of carbonyl (C=O) groups is 1. The quantitative estimate of drug-likeness (QED) is 0.0354. The molecule has 0 aliphatic heterocycles. The van der Waals surface area contributed by atoms with Crippen molar-refractivity contribution >= 4 is 13.7 Å². The fourth-order valence-electron chi connectivity index (χ4n) is 8.44. The van der Waals surface area contributed by atoms with Crippen LogP contribution in [0.3, 0.4) is 0 Å². The van der Waals surface area contributed by atoms with Gasteiger partial charge in [0.25, 0.3) is 0 Å². The molecule has 360 valence electrons.